The van der Waals surface area contributed by atoms with Gasteiger partial charge in [0.25, 0.3) is 0 Å². The van der Waals surface area contributed by atoms with Gasteiger partial charge in [0.2, 0.25) is 0 Å². The summed E-state index contributed by atoms with van der Waals surface area (Å²) in [5.74, 6) is 0.526. The van der Waals surface area contributed by atoms with Crippen molar-refractivity contribution >= 4 is 0 Å². The van der Waals surface area contributed by atoms with Crippen LogP contribution in [-0.2, 0) is 4.74 Å². The first-order valence-corrected chi connectivity index (χ1v) is 7.95. The van der Waals surface area contributed by atoms with Crippen molar-refractivity contribution in [1.29, 1.82) is 0 Å². The summed E-state index contributed by atoms with van der Waals surface area (Å²) < 4.78 is 5.38. The molecular weight excluding hydrogens is 252 g/mol. The summed E-state index contributed by atoms with van der Waals surface area (Å²) in [5.41, 5.74) is -0.565. The van der Waals surface area contributed by atoms with Crippen LogP contribution in [0.25, 0.3) is 0 Å². The molecule has 2 fully saturated rings. The van der Waals surface area contributed by atoms with Crippen LogP contribution in [0.1, 0.15) is 52.9 Å². The Labute approximate surface area is 122 Å². The monoisotopic (exact) mass is 280 g/mol. The summed E-state index contributed by atoms with van der Waals surface area (Å²) in [6.07, 6.45) is 8.37. The van der Waals surface area contributed by atoms with E-state index in [1.165, 1.54) is 0 Å². The maximum absolute atomic E-state index is 11.3. The fraction of sp³-hybridized carbons (Fsp3) is 0.882. The molecule has 0 amide bonds. The lowest BCUT2D eigenvalue weighted by Crippen LogP contribution is -2.53. The van der Waals surface area contributed by atoms with Gasteiger partial charge in [-0.1, -0.05) is 32.9 Å². The first-order chi connectivity index (χ1) is 9.25. The van der Waals surface area contributed by atoms with Gasteiger partial charge < -0.3 is 14.9 Å². The number of rotatable bonds is 1. The number of allylic oxidation sites excluding steroid dienone is 1. The van der Waals surface area contributed by atoms with Crippen LogP contribution < -0.4 is 0 Å². The number of hydrogen-bond donors (Lipinski definition) is 2. The molecule has 1 saturated carbocycles. The highest BCUT2D eigenvalue weighted by atomic mass is 16.6. The molecule has 0 aromatic rings. The van der Waals surface area contributed by atoms with Crippen LogP contribution in [0.2, 0.25) is 0 Å². The Bertz CT molecular complexity index is 416. The molecule has 3 nitrogen and oxygen atoms in total. The number of ether oxygens (including phenoxy) is 1. The van der Waals surface area contributed by atoms with Crippen LogP contribution >= 0.6 is 0 Å². The average molecular weight is 280 g/mol. The van der Waals surface area contributed by atoms with Crippen molar-refractivity contribution < 1.29 is 14.9 Å². The SMILES string of the molecule is CC1(C)CC=CC(C)([C@@]2(O)CC[C@H]3C(O)OC[C@H]3C2)C1. The third-order valence-electron chi connectivity index (χ3n) is 6.01. The molecule has 114 valence electrons. The second kappa shape index (κ2) is 4.56. The third-order valence-corrected chi connectivity index (χ3v) is 6.01. The molecule has 0 bridgehead atoms. The fourth-order valence-corrected chi connectivity index (χ4v) is 4.83. The average Bonchev–Trinajstić information content (AvgIpc) is 2.68. The van der Waals surface area contributed by atoms with Gasteiger partial charge in [0.15, 0.2) is 6.29 Å². The van der Waals surface area contributed by atoms with E-state index in [0.717, 1.165) is 32.1 Å². The summed E-state index contributed by atoms with van der Waals surface area (Å²) in [5, 5.41) is 21.2. The van der Waals surface area contributed by atoms with Crippen LogP contribution in [0.4, 0.5) is 0 Å². The van der Waals surface area contributed by atoms with Crippen molar-refractivity contribution in [2.75, 3.05) is 6.61 Å². The van der Waals surface area contributed by atoms with Crippen LogP contribution in [0.15, 0.2) is 12.2 Å². The van der Waals surface area contributed by atoms with Gasteiger partial charge in [0, 0.05) is 11.3 Å². The van der Waals surface area contributed by atoms with E-state index in [9.17, 15) is 10.2 Å². The predicted molar refractivity (Wildman–Crippen MR) is 78.0 cm³/mol. The molecule has 0 aromatic heterocycles. The Morgan fingerprint density at radius 1 is 1.25 bits per heavy atom. The van der Waals surface area contributed by atoms with Gasteiger partial charge in [-0.2, -0.15) is 0 Å². The Kier molecular flexibility index (Phi) is 3.32. The van der Waals surface area contributed by atoms with Gasteiger partial charge in [0.1, 0.15) is 0 Å². The van der Waals surface area contributed by atoms with Crippen LogP contribution in [-0.4, -0.2) is 28.7 Å². The summed E-state index contributed by atoms with van der Waals surface area (Å²) in [7, 11) is 0. The largest absolute Gasteiger partial charge is 0.389 e. The number of aliphatic hydroxyl groups is 2. The van der Waals surface area contributed by atoms with Crippen LogP contribution in [0, 0.1) is 22.7 Å². The lowest BCUT2D eigenvalue weighted by atomic mass is 9.55. The van der Waals surface area contributed by atoms with Gasteiger partial charge in [0.05, 0.1) is 12.2 Å². The molecule has 20 heavy (non-hydrogen) atoms. The maximum Gasteiger partial charge on any atom is 0.157 e. The van der Waals surface area contributed by atoms with Gasteiger partial charge >= 0.3 is 0 Å². The summed E-state index contributed by atoms with van der Waals surface area (Å²) in [6.45, 7) is 7.37. The van der Waals surface area contributed by atoms with Crippen LogP contribution in [0.3, 0.4) is 0 Å². The molecule has 3 rings (SSSR count). The molecule has 0 radical (unpaired) electrons. The number of aliphatic hydroxyl groups excluding tert-OH is 1. The smallest absolute Gasteiger partial charge is 0.157 e. The Morgan fingerprint density at radius 3 is 2.70 bits per heavy atom. The quantitative estimate of drug-likeness (QED) is 0.726. The molecule has 2 aliphatic carbocycles. The zero-order valence-corrected chi connectivity index (χ0v) is 12.9. The molecular formula is C17H28O3. The van der Waals surface area contributed by atoms with Gasteiger partial charge in [-0.3, -0.25) is 0 Å². The van der Waals surface area contributed by atoms with E-state index in [1.807, 2.05) is 0 Å². The van der Waals surface area contributed by atoms with E-state index in [2.05, 4.69) is 32.9 Å². The highest BCUT2D eigenvalue weighted by molar-refractivity contribution is 5.16. The molecule has 2 unspecified atom stereocenters. The van der Waals surface area contributed by atoms with E-state index in [-0.39, 0.29) is 16.7 Å². The minimum atomic E-state index is -0.657. The molecule has 0 spiro atoms. The third kappa shape index (κ3) is 2.24. The Balaban J connectivity index is 1.82. The minimum Gasteiger partial charge on any atom is -0.389 e. The second-order valence-electron chi connectivity index (χ2n) is 8.29. The predicted octanol–water partition coefficient (Wildman–Crippen LogP) is 2.86. The zero-order valence-electron chi connectivity index (χ0n) is 12.9. The summed E-state index contributed by atoms with van der Waals surface area (Å²) in [4.78, 5) is 0. The zero-order chi connectivity index (χ0) is 14.6. The van der Waals surface area contributed by atoms with Gasteiger partial charge in [-0.15, -0.1) is 0 Å². The molecule has 1 aliphatic heterocycles. The minimum absolute atomic E-state index is 0.159. The molecule has 3 aliphatic rings. The number of fused-ring (bicyclic) bond motifs is 1. The van der Waals surface area contributed by atoms with Crippen molar-refractivity contribution in [3.05, 3.63) is 12.2 Å². The summed E-state index contributed by atoms with van der Waals surface area (Å²) in [6, 6.07) is 0. The fourth-order valence-electron chi connectivity index (χ4n) is 4.83. The molecule has 1 heterocycles. The van der Waals surface area contributed by atoms with E-state index >= 15 is 0 Å². The topological polar surface area (TPSA) is 49.7 Å². The maximum atomic E-state index is 11.3. The van der Waals surface area contributed by atoms with E-state index < -0.39 is 11.9 Å². The van der Waals surface area contributed by atoms with Crippen molar-refractivity contribution in [2.24, 2.45) is 22.7 Å². The highest BCUT2D eigenvalue weighted by Crippen LogP contribution is 2.55. The molecule has 3 heteroatoms. The Hall–Kier alpha value is -0.380. The van der Waals surface area contributed by atoms with Gasteiger partial charge in [-0.25, -0.2) is 0 Å². The van der Waals surface area contributed by atoms with Crippen LogP contribution in [0.5, 0.6) is 0 Å². The molecule has 2 N–H and O–H groups in total. The van der Waals surface area contributed by atoms with E-state index in [4.69, 9.17) is 4.74 Å². The first kappa shape index (κ1) is 14.6. The summed E-state index contributed by atoms with van der Waals surface area (Å²) >= 11 is 0. The molecule has 5 atom stereocenters. The van der Waals surface area contributed by atoms with Crippen molar-refractivity contribution in [3.8, 4) is 0 Å². The molecule has 1 saturated heterocycles. The second-order valence-corrected chi connectivity index (χ2v) is 8.29. The number of hydrogen-bond acceptors (Lipinski definition) is 3. The van der Waals surface area contributed by atoms with Crippen molar-refractivity contribution in [3.63, 3.8) is 0 Å². The van der Waals surface area contributed by atoms with Crippen molar-refractivity contribution in [2.45, 2.75) is 64.8 Å². The van der Waals surface area contributed by atoms with E-state index in [0.29, 0.717) is 12.5 Å². The Morgan fingerprint density at radius 2 is 2.00 bits per heavy atom. The van der Waals surface area contributed by atoms with Crippen molar-refractivity contribution in [1.82, 2.24) is 0 Å². The van der Waals surface area contributed by atoms with E-state index in [1.54, 1.807) is 0 Å². The van der Waals surface area contributed by atoms with Gasteiger partial charge in [-0.05, 0) is 43.4 Å². The standard InChI is InChI=1S/C17H28O3/c1-15(2)6-4-7-16(3,11-15)17(19)8-5-13-12(9-17)10-20-14(13)18/h4,7,12-14,18-19H,5-6,8-11H2,1-3H3/t12-,13-,14?,16?,17-/m1/s1. The first-order valence-electron chi connectivity index (χ1n) is 7.95. The lowest BCUT2D eigenvalue weighted by molar-refractivity contribution is -0.128. The lowest BCUT2D eigenvalue weighted by Gasteiger charge is -2.52. The normalized spacial score (nSPS) is 51.0. The molecule has 0 aromatic carbocycles. The highest BCUT2D eigenvalue weighted by Gasteiger charge is 2.54.